The van der Waals surface area contributed by atoms with Crippen molar-refractivity contribution < 1.29 is 9.84 Å². The first kappa shape index (κ1) is 22.6. The summed E-state index contributed by atoms with van der Waals surface area (Å²) in [6, 6.07) is 16.5. The van der Waals surface area contributed by atoms with Crippen LogP contribution in [0.15, 0.2) is 53.3 Å². The van der Waals surface area contributed by atoms with Gasteiger partial charge in [0.1, 0.15) is 22.1 Å². The molecular formula is C26H23N5O3S. The highest BCUT2D eigenvalue weighted by Gasteiger charge is 2.21. The molecule has 2 aromatic heterocycles. The molecule has 0 atom stereocenters. The Morgan fingerprint density at radius 1 is 1.17 bits per heavy atom. The van der Waals surface area contributed by atoms with Gasteiger partial charge in [-0.15, -0.1) is 21.5 Å². The number of para-hydroxylation sites is 1. The number of aromatic hydroxyl groups is 1. The Labute approximate surface area is 205 Å². The van der Waals surface area contributed by atoms with E-state index in [1.807, 2.05) is 34.9 Å². The lowest BCUT2D eigenvalue weighted by atomic mass is 10.2. The van der Waals surface area contributed by atoms with E-state index in [2.05, 4.69) is 16.3 Å². The van der Waals surface area contributed by atoms with E-state index >= 15 is 0 Å². The molecule has 8 nitrogen and oxygen atoms in total. The Morgan fingerprint density at radius 3 is 2.74 bits per heavy atom. The molecular weight excluding hydrogens is 462 g/mol. The van der Waals surface area contributed by atoms with E-state index in [-0.39, 0.29) is 11.3 Å². The summed E-state index contributed by atoms with van der Waals surface area (Å²) >= 11 is 1.22. The Kier molecular flexibility index (Phi) is 6.21. The molecule has 176 valence electrons. The van der Waals surface area contributed by atoms with Gasteiger partial charge in [0.15, 0.2) is 17.3 Å². The van der Waals surface area contributed by atoms with Gasteiger partial charge < -0.3 is 14.4 Å². The van der Waals surface area contributed by atoms with Gasteiger partial charge in [0.05, 0.1) is 17.3 Å². The van der Waals surface area contributed by atoms with Gasteiger partial charge in [-0.05, 0) is 48.7 Å². The van der Waals surface area contributed by atoms with E-state index in [0.29, 0.717) is 37.6 Å². The first-order chi connectivity index (χ1) is 17.1. The number of hydrogen-bond donors (Lipinski definition) is 1. The fourth-order valence-corrected chi connectivity index (χ4v) is 5.37. The second-order valence-electron chi connectivity index (χ2n) is 8.21. The summed E-state index contributed by atoms with van der Waals surface area (Å²) in [5.41, 5.74) is 1.36. The van der Waals surface area contributed by atoms with Gasteiger partial charge in [0.25, 0.3) is 5.56 Å². The SMILES string of the molecule is COc1ccc(/C=c2\s/c(=C(/C#N)c3nnc4n3CCCCC4)n(-c3ccccc3)c2=O)cc1O. The first-order valence-electron chi connectivity index (χ1n) is 11.3. The normalized spacial score (nSPS) is 14.7. The van der Waals surface area contributed by atoms with Gasteiger partial charge in [-0.3, -0.25) is 9.36 Å². The van der Waals surface area contributed by atoms with Crippen LogP contribution in [0.4, 0.5) is 0 Å². The summed E-state index contributed by atoms with van der Waals surface area (Å²) in [6.07, 6.45) is 5.66. The van der Waals surface area contributed by atoms with Crippen LogP contribution < -0.4 is 19.5 Å². The molecule has 0 amide bonds. The monoisotopic (exact) mass is 485 g/mol. The van der Waals surface area contributed by atoms with E-state index in [9.17, 15) is 15.2 Å². The highest BCUT2D eigenvalue weighted by Crippen LogP contribution is 2.26. The van der Waals surface area contributed by atoms with Gasteiger partial charge >= 0.3 is 0 Å². The number of rotatable bonds is 4. The third-order valence-electron chi connectivity index (χ3n) is 6.00. The van der Waals surface area contributed by atoms with Crippen LogP contribution in [0.5, 0.6) is 11.5 Å². The fourth-order valence-electron chi connectivity index (χ4n) is 4.27. The van der Waals surface area contributed by atoms with E-state index in [1.54, 1.807) is 22.8 Å². The van der Waals surface area contributed by atoms with E-state index in [4.69, 9.17) is 4.74 Å². The van der Waals surface area contributed by atoms with Crippen molar-refractivity contribution in [1.82, 2.24) is 19.3 Å². The van der Waals surface area contributed by atoms with Crippen molar-refractivity contribution in [2.45, 2.75) is 32.2 Å². The fraction of sp³-hybridized carbons (Fsp3) is 0.231. The van der Waals surface area contributed by atoms with Crippen molar-refractivity contribution in [2.75, 3.05) is 7.11 Å². The molecule has 5 rings (SSSR count). The molecule has 1 aliphatic rings. The summed E-state index contributed by atoms with van der Waals surface area (Å²) in [5.74, 6) is 1.69. The quantitative estimate of drug-likeness (QED) is 0.476. The molecule has 2 aromatic carbocycles. The zero-order chi connectivity index (χ0) is 24.4. The molecule has 0 saturated heterocycles. The number of phenolic OH excluding ortho intramolecular Hbond substituents is 1. The molecule has 0 radical (unpaired) electrons. The average Bonchev–Trinajstić information content (AvgIpc) is 3.31. The lowest BCUT2D eigenvalue weighted by molar-refractivity contribution is 0.373. The number of nitriles is 1. The van der Waals surface area contributed by atoms with E-state index in [0.717, 1.165) is 38.1 Å². The van der Waals surface area contributed by atoms with Crippen molar-refractivity contribution in [3.63, 3.8) is 0 Å². The topological polar surface area (TPSA) is 106 Å². The lowest BCUT2D eigenvalue weighted by Crippen LogP contribution is -2.31. The van der Waals surface area contributed by atoms with Crippen LogP contribution in [0.3, 0.4) is 0 Å². The van der Waals surface area contributed by atoms with Crippen molar-refractivity contribution in [2.24, 2.45) is 0 Å². The van der Waals surface area contributed by atoms with E-state index in [1.165, 1.54) is 24.5 Å². The molecule has 0 fully saturated rings. The average molecular weight is 486 g/mol. The molecule has 1 aliphatic heterocycles. The second-order valence-corrected chi connectivity index (χ2v) is 9.24. The standard InChI is InChI=1S/C26H23N5O3S/c1-34-21-12-11-17(14-20(21)32)15-22-25(33)31(18-8-4-2-5-9-18)26(35-22)19(16-27)24-29-28-23-10-6-3-7-13-30(23)24/h2,4-5,8-9,11-12,14-15,32H,3,6-7,10,13H2,1H3/b22-15-,26-19-. The minimum Gasteiger partial charge on any atom is -0.504 e. The van der Waals surface area contributed by atoms with Gasteiger partial charge in [-0.2, -0.15) is 5.26 Å². The third kappa shape index (κ3) is 4.24. The maximum atomic E-state index is 13.6. The number of ether oxygens (including phenoxy) is 1. The largest absolute Gasteiger partial charge is 0.504 e. The molecule has 4 aromatic rings. The summed E-state index contributed by atoms with van der Waals surface area (Å²) in [7, 11) is 1.48. The Morgan fingerprint density at radius 2 is 2.00 bits per heavy atom. The second kappa shape index (κ2) is 9.60. The summed E-state index contributed by atoms with van der Waals surface area (Å²) in [6.45, 7) is 0.744. The Balaban J connectivity index is 1.80. The van der Waals surface area contributed by atoms with Crippen LogP contribution in [0.2, 0.25) is 0 Å². The molecule has 0 spiro atoms. The maximum Gasteiger partial charge on any atom is 0.273 e. The van der Waals surface area contributed by atoms with Gasteiger partial charge in [0.2, 0.25) is 0 Å². The molecule has 3 heterocycles. The Bertz CT molecular complexity index is 1610. The number of benzene rings is 2. The zero-order valence-electron chi connectivity index (χ0n) is 19.1. The summed E-state index contributed by atoms with van der Waals surface area (Å²) in [4.78, 5) is 13.6. The molecule has 35 heavy (non-hydrogen) atoms. The van der Waals surface area contributed by atoms with Crippen LogP contribution in [-0.2, 0) is 13.0 Å². The highest BCUT2D eigenvalue weighted by atomic mass is 32.1. The number of hydrogen-bond acceptors (Lipinski definition) is 7. The molecule has 1 N–H and O–H groups in total. The highest BCUT2D eigenvalue weighted by molar-refractivity contribution is 7.07. The first-order valence-corrected chi connectivity index (χ1v) is 12.1. The number of thiazole rings is 1. The number of phenols is 1. The predicted octanol–water partition coefficient (Wildman–Crippen LogP) is 2.48. The van der Waals surface area contributed by atoms with Crippen molar-refractivity contribution in [1.29, 1.82) is 5.26 Å². The van der Waals surface area contributed by atoms with Crippen LogP contribution in [0.1, 0.15) is 36.5 Å². The van der Waals surface area contributed by atoms with Crippen molar-refractivity contribution >= 4 is 23.0 Å². The van der Waals surface area contributed by atoms with E-state index < -0.39 is 0 Å². The van der Waals surface area contributed by atoms with Crippen LogP contribution in [0.25, 0.3) is 17.3 Å². The molecule has 9 heteroatoms. The molecule has 0 unspecified atom stereocenters. The number of aryl methyl sites for hydroxylation is 1. The summed E-state index contributed by atoms with van der Waals surface area (Å²) < 4.78 is 9.60. The van der Waals surface area contributed by atoms with Crippen molar-refractivity contribution in [3.8, 4) is 23.3 Å². The molecule has 0 aliphatic carbocycles. The van der Waals surface area contributed by atoms with Crippen LogP contribution in [0, 0.1) is 11.3 Å². The summed E-state index contributed by atoms with van der Waals surface area (Å²) in [5, 5.41) is 29.1. The number of methoxy groups -OCH3 is 1. The van der Waals surface area contributed by atoms with Gasteiger partial charge in [-0.1, -0.05) is 30.7 Å². The Hall–Kier alpha value is -4.16. The maximum absolute atomic E-state index is 13.6. The zero-order valence-corrected chi connectivity index (χ0v) is 20.0. The van der Waals surface area contributed by atoms with Crippen LogP contribution in [-0.4, -0.2) is 31.5 Å². The predicted molar refractivity (Wildman–Crippen MR) is 133 cm³/mol. The minimum absolute atomic E-state index is 0.0168. The lowest BCUT2D eigenvalue weighted by Gasteiger charge is -2.07. The number of fused-ring (bicyclic) bond motifs is 1. The smallest absolute Gasteiger partial charge is 0.273 e. The minimum atomic E-state index is -0.255. The molecule has 0 bridgehead atoms. The number of nitrogens with zero attached hydrogens (tertiary/aromatic N) is 5. The molecule has 0 saturated carbocycles. The number of aromatic nitrogens is 4. The third-order valence-corrected chi connectivity index (χ3v) is 7.09. The van der Waals surface area contributed by atoms with Crippen LogP contribution >= 0.6 is 11.3 Å². The van der Waals surface area contributed by atoms with Gasteiger partial charge in [-0.25, -0.2) is 0 Å². The van der Waals surface area contributed by atoms with Crippen molar-refractivity contribution in [3.05, 3.63) is 85.3 Å². The van der Waals surface area contributed by atoms with Gasteiger partial charge in [0, 0.05) is 13.0 Å².